The van der Waals surface area contributed by atoms with E-state index in [4.69, 9.17) is 4.74 Å². The summed E-state index contributed by atoms with van der Waals surface area (Å²) in [6, 6.07) is 9.05. The number of benzene rings is 1. The van der Waals surface area contributed by atoms with Crippen molar-refractivity contribution in [1.29, 1.82) is 0 Å². The number of rotatable bonds is 4. The van der Waals surface area contributed by atoms with Crippen LogP contribution < -0.4 is 5.56 Å². The highest BCUT2D eigenvalue weighted by Crippen LogP contribution is 2.20. The molecule has 2 aromatic heterocycles. The molecule has 2 heterocycles. The van der Waals surface area contributed by atoms with E-state index in [1.807, 2.05) is 0 Å². The number of carbonyl (C=O) groups excluding carboxylic acids is 1. The molecule has 0 aliphatic carbocycles. The van der Waals surface area contributed by atoms with Crippen LogP contribution in [0.1, 0.15) is 29.8 Å². The molecule has 0 atom stereocenters. The zero-order chi connectivity index (χ0) is 18.0. The van der Waals surface area contributed by atoms with Crippen molar-refractivity contribution in [3.05, 3.63) is 76.1 Å². The Balaban J connectivity index is 1.93. The normalized spacial score (nSPS) is 11.0. The van der Waals surface area contributed by atoms with Gasteiger partial charge in [-0.25, -0.2) is 9.18 Å². The van der Waals surface area contributed by atoms with Gasteiger partial charge in [0.25, 0.3) is 5.56 Å². The smallest absolute Gasteiger partial charge is 0.338 e. The summed E-state index contributed by atoms with van der Waals surface area (Å²) in [4.78, 5) is 28.4. The lowest BCUT2D eigenvalue weighted by Crippen LogP contribution is -2.22. The number of fused-ring (bicyclic) bond motifs is 1. The standard InChI is InChI=1S/C19H17FN2O3/c1-12(2)25-19(24)13-7-9-22(17(23)10-13)11-14-5-6-16(20)15-4-3-8-21-18(14)15/h3-10,12H,11H2,1-2H3. The number of pyridine rings is 2. The fourth-order valence-electron chi connectivity index (χ4n) is 2.55. The van der Waals surface area contributed by atoms with Crippen LogP contribution in [0.25, 0.3) is 10.9 Å². The third-order valence-corrected chi connectivity index (χ3v) is 3.72. The molecular weight excluding hydrogens is 323 g/mol. The molecule has 5 nitrogen and oxygen atoms in total. The van der Waals surface area contributed by atoms with Crippen LogP contribution >= 0.6 is 0 Å². The van der Waals surface area contributed by atoms with Crippen LogP contribution in [0.4, 0.5) is 4.39 Å². The molecule has 0 radical (unpaired) electrons. The summed E-state index contributed by atoms with van der Waals surface area (Å²) in [7, 11) is 0. The van der Waals surface area contributed by atoms with Crippen molar-refractivity contribution in [2.24, 2.45) is 0 Å². The van der Waals surface area contributed by atoms with Crippen LogP contribution in [0.15, 0.2) is 53.6 Å². The number of hydrogen-bond acceptors (Lipinski definition) is 4. The molecule has 0 saturated carbocycles. The van der Waals surface area contributed by atoms with Gasteiger partial charge in [0.15, 0.2) is 0 Å². The van der Waals surface area contributed by atoms with Crippen LogP contribution in [-0.2, 0) is 11.3 Å². The van der Waals surface area contributed by atoms with E-state index in [2.05, 4.69) is 4.98 Å². The molecule has 6 heteroatoms. The summed E-state index contributed by atoms with van der Waals surface area (Å²) >= 11 is 0. The largest absolute Gasteiger partial charge is 0.459 e. The second-order valence-corrected chi connectivity index (χ2v) is 5.94. The molecule has 0 amide bonds. The second kappa shape index (κ2) is 6.84. The molecule has 0 aliphatic heterocycles. The number of nitrogens with zero attached hydrogens (tertiary/aromatic N) is 2. The Morgan fingerprint density at radius 2 is 2.08 bits per heavy atom. The number of aromatic nitrogens is 2. The molecule has 0 fully saturated rings. The fourth-order valence-corrected chi connectivity index (χ4v) is 2.55. The Bertz CT molecular complexity index is 995. The first-order valence-corrected chi connectivity index (χ1v) is 7.89. The minimum atomic E-state index is -0.534. The van der Waals surface area contributed by atoms with E-state index < -0.39 is 5.97 Å². The van der Waals surface area contributed by atoms with Gasteiger partial charge in [0.2, 0.25) is 0 Å². The van der Waals surface area contributed by atoms with E-state index in [0.29, 0.717) is 10.9 Å². The maximum atomic E-state index is 13.9. The first kappa shape index (κ1) is 16.8. The summed E-state index contributed by atoms with van der Waals surface area (Å²) in [5.74, 6) is -0.890. The van der Waals surface area contributed by atoms with Gasteiger partial charge in [-0.1, -0.05) is 6.07 Å². The average Bonchev–Trinajstić information content (AvgIpc) is 2.58. The van der Waals surface area contributed by atoms with Crippen LogP contribution in [0.5, 0.6) is 0 Å². The number of ether oxygens (including phenoxy) is 1. The van der Waals surface area contributed by atoms with Crippen molar-refractivity contribution in [3.63, 3.8) is 0 Å². The zero-order valence-corrected chi connectivity index (χ0v) is 13.9. The number of esters is 1. The van der Waals surface area contributed by atoms with Gasteiger partial charge in [-0.05, 0) is 43.7 Å². The Kier molecular flexibility index (Phi) is 4.61. The van der Waals surface area contributed by atoms with E-state index in [9.17, 15) is 14.0 Å². The number of carbonyl (C=O) groups is 1. The van der Waals surface area contributed by atoms with Gasteiger partial charge in [-0.2, -0.15) is 0 Å². The molecule has 3 rings (SSSR count). The lowest BCUT2D eigenvalue weighted by molar-refractivity contribution is 0.0377. The molecule has 0 bridgehead atoms. The quantitative estimate of drug-likeness (QED) is 0.685. The molecular formula is C19H17FN2O3. The highest BCUT2D eigenvalue weighted by atomic mass is 19.1. The van der Waals surface area contributed by atoms with E-state index in [-0.39, 0.29) is 29.6 Å². The molecule has 0 N–H and O–H groups in total. The van der Waals surface area contributed by atoms with Crippen LogP contribution in [0.3, 0.4) is 0 Å². The highest BCUT2D eigenvalue weighted by Gasteiger charge is 2.12. The Labute approximate surface area is 143 Å². The summed E-state index contributed by atoms with van der Waals surface area (Å²) in [5, 5.41) is 0.408. The van der Waals surface area contributed by atoms with Crippen LogP contribution in [-0.4, -0.2) is 21.6 Å². The average molecular weight is 340 g/mol. The first-order chi connectivity index (χ1) is 12.0. The molecule has 1 aromatic carbocycles. The van der Waals surface area contributed by atoms with Crippen molar-refractivity contribution in [3.8, 4) is 0 Å². The van der Waals surface area contributed by atoms with Crippen LogP contribution in [0, 0.1) is 5.82 Å². The van der Waals surface area contributed by atoms with Gasteiger partial charge in [-0.3, -0.25) is 9.78 Å². The molecule has 0 spiro atoms. The maximum absolute atomic E-state index is 13.9. The fraction of sp³-hybridized carbons (Fsp3) is 0.211. The lowest BCUT2D eigenvalue weighted by atomic mass is 10.1. The Morgan fingerprint density at radius 1 is 1.28 bits per heavy atom. The lowest BCUT2D eigenvalue weighted by Gasteiger charge is -2.11. The van der Waals surface area contributed by atoms with Crippen molar-refractivity contribution in [2.45, 2.75) is 26.5 Å². The van der Waals surface area contributed by atoms with Gasteiger partial charge in [0.1, 0.15) is 5.82 Å². The van der Waals surface area contributed by atoms with Gasteiger partial charge in [0, 0.05) is 23.8 Å². The van der Waals surface area contributed by atoms with Gasteiger partial charge in [0.05, 0.1) is 23.7 Å². The van der Waals surface area contributed by atoms with Crippen molar-refractivity contribution >= 4 is 16.9 Å². The molecule has 25 heavy (non-hydrogen) atoms. The van der Waals surface area contributed by atoms with Gasteiger partial charge < -0.3 is 9.30 Å². The minimum Gasteiger partial charge on any atom is -0.459 e. The minimum absolute atomic E-state index is 0.206. The summed E-state index contributed by atoms with van der Waals surface area (Å²) in [6.45, 7) is 3.71. The molecule has 0 aliphatic rings. The Hall–Kier alpha value is -3.02. The van der Waals surface area contributed by atoms with Crippen molar-refractivity contribution in [2.75, 3.05) is 0 Å². The van der Waals surface area contributed by atoms with E-state index in [1.165, 1.54) is 29.0 Å². The molecule has 3 aromatic rings. The molecule has 128 valence electrons. The topological polar surface area (TPSA) is 61.2 Å². The van der Waals surface area contributed by atoms with Crippen LogP contribution in [0.2, 0.25) is 0 Å². The van der Waals surface area contributed by atoms with E-state index >= 15 is 0 Å². The molecule has 0 saturated heterocycles. The van der Waals surface area contributed by atoms with Gasteiger partial charge in [-0.15, -0.1) is 0 Å². The monoisotopic (exact) mass is 340 g/mol. The maximum Gasteiger partial charge on any atom is 0.338 e. The Morgan fingerprint density at radius 3 is 2.80 bits per heavy atom. The summed E-state index contributed by atoms with van der Waals surface area (Å²) in [5.41, 5.74) is 1.10. The third kappa shape index (κ3) is 3.57. The summed E-state index contributed by atoms with van der Waals surface area (Å²) in [6.07, 6.45) is 2.85. The third-order valence-electron chi connectivity index (χ3n) is 3.72. The first-order valence-electron chi connectivity index (χ1n) is 7.89. The number of hydrogen-bond donors (Lipinski definition) is 0. The highest BCUT2D eigenvalue weighted by molar-refractivity contribution is 5.89. The van der Waals surface area contributed by atoms with Gasteiger partial charge >= 0.3 is 5.97 Å². The van der Waals surface area contributed by atoms with Crippen molar-refractivity contribution < 1.29 is 13.9 Å². The number of halogens is 1. The summed E-state index contributed by atoms with van der Waals surface area (Å²) < 4.78 is 20.4. The van der Waals surface area contributed by atoms with E-state index in [0.717, 1.165) is 5.56 Å². The predicted octanol–water partition coefficient (Wildman–Crippen LogP) is 3.15. The van der Waals surface area contributed by atoms with E-state index in [1.54, 1.807) is 38.2 Å². The second-order valence-electron chi connectivity index (χ2n) is 5.94. The SMILES string of the molecule is CC(C)OC(=O)c1ccn(Cc2ccc(F)c3cccnc23)c(=O)c1. The van der Waals surface area contributed by atoms with Crippen molar-refractivity contribution in [1.82, 2.24) is 9.55 Å². The molecule has 0 unspecified atom stereocenters. The zero-order valence-electron chi connectivity index (χ0n) is 13.9. The predicted molar refractivity (Wildman–Crippen MR) is 92.1 cm³/mol.